The molecule has 2 N–H and O–H groups in total. The Bertz CT molecular complexity index is 1150. The van der Waals surface area contributed by atoms with E-state index in [0.717, 1.165) is 42.6 Å². The molecule has 3 heterocycles. The number of fused-ring (bicyclic) bond motifs is 1. The summed E-state index contributed by atoms with van der Waals surface area (Å²) in [5.74, 6) is -0.408. The van der Waals surface area contributed by atoms with Gasteiger partial charge in [-0.3, -0.25) is 14.9 Å². The molecule has 0 radical (unpaired) electrons. The van der Waals surface area contributed by atoms with Gasteiger partial charge in [0.15, 0.2) is 0 Å². The lowest BCUT2D eigenvalue weighted by Crippen LogP contribution is -2.39. The maximum absolute atomic E-state index is 13.3. The van der Waals surface area contributed by atoms with Gasteiger partial charge in [-0.15, -0.1) is 0 Å². The van der Waals surface area contributed by atoms with Gasteiger partial charge in [-0.25, -0.2) is 8.42 Å². The standard InChI is InChI=1S/C24H27N3O4S/c28-23-8-7-22(24(29)26-23)18-1-2-19-14-27(15-20(19)13-18)32(30,31)21-5-3-16(4-6-21)17-9-11-25-12-10-17/h1-6,13,17,22,25H,7-12,14-15H2,(H,26,28,29). The molecule has 3 aliphatic rings. The molecule has 0 aliphatic carbocycles. The molecule has 168 valence electrons. The lowest BCUT2D eigenvalue weighted by atomic mass is 9.89. The van der Waals surface area contributed by atoms with Crippen molar-refractivity contribution in [2.75, 3.05) is 13.1 Å². The lowest BCUT2D eigenvalue weighted by Gasteiger charge is -2.23. The molecular weight excluding hydrogens is 426 g/mol. The van der Waals surface area contributed by atoms with E-state index in [4.69, 9.17) is 0 Å². The van der Waals surface area contributed by atoms with Gasteiger partial charge >= 0.3 is 0 Å². The maximum atomic E-state index is 13.3. The fraction of sp³-hybridized carbons (Fsp3) is 0.417. The monoisotopic (exact) mass is 453 g/mol. The van der Waals surface area contributed by atoms with Crippen LogP contribution in [0.25, 0.3) is 0 Å². The number of carbonyl (C=O) groups is 2. The number of sulfonamides is 1. The molecule has 0 spiro atoms. The first kappa shape index (κ1) is 21.3. The Hall–Kier alpha value is -2.55. The lowest BCUT2D eigenvalue weighted by molar-refractivity contribution is -0.134. The first-order valence-electron chi connectivity index (χ1n) is 11.2. The van der Waals surface area contributed by atoms with Crippen LogP contribution in [-0.4, -0.2) is 37.6 Å². The molecule has 7 nitrogen and oxygen atoms in total. The van der Waals surface area contributed by atoms with Crippen molar-refractivity contribution >= 4 is 21.8 Å². The van der Waals surface area contributed by atoms with Crippen molar-refractivity contribution in [3.8, 4) is 0 Å². The number of piperidine rings is 2. The third kappa shape index (κ3) is 3.98. The minimum atomic E-state index is -3.61. The molecule has 32 heavy (non-hydrogen) atoms. The molecule has 5 rings (SSSR count). The molecular formula is C24H27N3O4S. The Balaban J connectivity index is 1.32. The molecule has 2 aromatic rings. The summed E-state index contributed by atoms with van der Waals surface area (Å²) in [4.78, 5) is 24.0. The topological polar surface area (TPSA) is 95.6 Å². The molecule has 1 atom stereocenters. The Morgan fingerprint density at radius 2 is 1.53 bits per heavy atom. The molecule has 2 saturated heterocycles. The van der Waals surface area contributed by atoms with Gasteiger partial charge in [-0.05, 0) is 72.7 Å². The van der Waals surface area contributed by atoms with Crippen LogP contribution in [0.4, 0.5) is 0 Å². The molecule has 0 bridgehead atoms. The van der Waals surface area contributed by atoms with Gasteiger partial charge in [0.2, 0.25) is 21.8 Å². The van der Waals surface area contributed by atoms with Crippen LogP contribution in [0.3, 0.4) is 0 Å². The van der Waals surface area contributed by atoms with Crippen molar-refractivity contribution in [2.24, 2.45) is 0 Å². The summed E-state index contributed by atoms with van der Waals surface area (Å²) in [5.41, 5.74) is 3.90. The number of nitrogens with zero attached hydrogens (tertiary/aromatic N) is 1. The molecule has 3 aliphatic heterocycles. The molecule has 0 saturated carbocycles. The highest BCUT2D eigenvalue weighted by atomic mass is 32.2. The normalized spacial score (nSPS) is 22.6. The highest BCUT2D eigenvalue weighted by molar-refractivity contribution is 7.89. The predicted molar refractivity (Wildman–Crippen MR) is 119 cm³/mol. The third-order valence-corrected chi connectivity index (χ3v) is 8.70. The summed E-state index contributed by atoms with van der Waals surface area (Å²) >= 11 is 0. The van der Waals surface area contributed by atoms with Gasteiger partial charge in [0.05, 0.1) is 10.8 Å². The summed E-state index contributed by atoms with van der Waals surface area (Å²) in [6.45, 7) is 2.60. The molecule has 8 heteroatoms. The van der Waals surface area contributed by atoms with Gasteiger partial charge in [0.25, 0.3) is 0 Å². The van der Waals surface area contributed by atoms with Gasteiger partial charge < -0.3 is 5.32 Å². The van der Waals surface area contributed by atoms with Crippen LogP contribution in [0.1, 0.15) is 59.8 Å². The molecule has 2 amide bonds. The minimum Gasteiger partial charge on any atom is -0.317 e. The van der Waals surface area contributed by atoms with Crippen molar-refractivity contribution in [2.45, 2.75) is 55.5 Å². The maximum Gasteiger partial charge on any atom is 0.243 e. The summed E-state index contributed by atoms with van der Waals surface area (Å²) in [6.07, 6.45) is 2.95. The van der Waals surface area contributed by atoms with E-state index in [9.17, 15) is 18.0 Å². The fourth-order valence-corrected chi connectivity index (χ4v) is 6.39. The number of carbonyl (C=O) groups excluding carboxylic acids is 2. The van der Waals surface area contributed by atoms with Gasteiger partial charge in [0, 0.05) is 19.5 Å². The first-order valence-corrected chi connectivity index (χ1v) is 12.6. The number of hydrogen-bond acceptors (Lipinski definition) is 5. The van der Waals surface area contributed by atoms with E-state index >= 15 is 0 Å². The molecule has 0 aromatic heterocycles. The Kier molecular flexibility index (Phi) is 5.61. The second kappa shape index (κ2) is 8.42. The largest absolute Gasteiger partial charge is 0.317 e. The van der Waals surface area contributed by atoms with Crippen LogP contribution in [0.15, 0.2) is 47.4 Å². The average Bonchev–Trinajstić information content (AvgIpc) is 3.24. The number of nitrogens with one attached hydrogen (secondary N) is 2. The third-order valence-electron chi connectivity index (χ3n) is 6.89. The van der Waals surface area contributed by atoms with E-state index in [2.05, 4.69) is 10.6 Å². The summed E-state index contributed by atoms with van der Waals surface area (Å²) < 4.78 is 28.1. The second-order valence-electron chi connectivity index (χ2n) is 8.90. The van der Waals surface area contributed by atoms with Crippen LogP contribution in [-0.2, 0) is 32.7 Å². The quantitative estimate of drug-likeness (QED) is 0.693. The Labute approximate surface area is 188 Å². The van der Waals surface area contributed by atoms with Crippen molar-refractivity contribution in [3.63, 3.8) is 0 Å². The van der Waals surface area contributed by atoms with Crippen molar-refractivity contribution in [1.82, 2.24) is 14.9 Å². The van der Waals surface area contributed by atoms with Crippen molar-refractivity contribution in [1.29, 1.82) is 0 Å². The number of amides is 2. The zero-order valence-corrected chi connectivity index (χ0v) is 18.7. The van der Waals surface area contributed by atoms with E-state index in [-0.39, 0.29) is 24.3 Å². The summed E-state index contributed by atoms with van der Waals surface area (Å²) in [6, 6.07) is 13.1. The first-order chi connectivity index (χ1) is 15.4. The zero-order valence-electron chi connectivity index (χ0n) is 17.8. The summed E-state index contributed by atoms with van der Waals surface area (Å²) in [7, 11) is -3.61. The summed E-state index contributed by atoms with van der Waals surface area (Å²) in [5, 5.41) is 5.75. The second-order valence-corrected chi connectivity index (χ2v) is 10.8. The van der Waals surface area contributed by atoms with Crippen LogP contribution >= 0.6 is 0 Å². The number of hydrogen-bond donors (Lipinski definition) is 2. The number of rotatable bonds is 4. The number of benzene rings is 2. The minimum absolute atomic E-state index is 0.240. The van der Waals surface area contributed by atoms with Gasteiger partial charge in [-0.2, -0.15) is 4.31 Å². The van der Waals surface area contributed by atoms with E-state index < -0.39 is 10.0 Å². The van der Waals surface area contributed by atoms with Crippen LogP contribution < -0.4 is 10.6 Å². The van der Waals surface area contributed by atoms with E-state index in [1.165, 1.54) is 9.87 Å². The van der Waals surface area contributed by atoms with Crippen LogP contribution in [0.5, 0.6) is 0 Å². The van der Waals surface area contributed by atoms with E-state index in [0.29, 0.717) is 30.2 Å². The Morgan fingerprint density at radius 3 is 2.25 bits per heavy atom. The fourth-order valence-electron chi connectivity index (χ4n) is 5.00. The highest BCUT2D eigenvalue weighted by Crippen LogP contribution is 2.33. The van der Waals surface area contributed by atoms with Crippen molar-refractivity contribution in [3.05, 3.63) is 64.7 Å². The molecule has 2 fully saturated rings. The van der Waals surface area contributed by atoms with Gasteiger partial charge in [0.1, 0.15) is 0 Å². The molecule has 2 aromatic carbocycles. The molecule has 1 unspecified atom stereocenters. The van der Waals surface area contributed by atoms with E-state index in [1.807, 2.05) is 30.3 Å². The highest BCUT2D eigenvalue weighted by Gasteiger charge is 2.33. The SMILES string of the molecule is O=C1CCC(c2ccc3c(c2)CN(S(=O)(=O)c2ccc(C4CCNCC4)cc2)C3)C(=O)N1. The van der Waals surface area contributed by atoms with E-state index in [1.54, 1.807) is 12.1 Å². The smallest absolute Gasteiger partial charge is 0.243 e. The Morgan fingerprint density at radius 1 is 0.844 bits per heavy atom. The van der Waals surface area contributed by atoms with Crippen LogP contribution in [0.2, 0.25) is 0 Å². The van der Waals surface area contributed by atoms with Crippen LogP contribution in [0, 0.1) is 0 Å². The van der Waals surface area contributed by atoms with Crippen molar-refractivity contribution < 1.29 is 18.0 Å². The van der Waals surface area contributed by atoms with Gasteiger partial charge in [-0.1, -0.05) is 30.3 Å². The predicted octanol–water partition coefficient (Wildman–Crippen LogP) is 2.38. The average molecular weight is 454 g/mol. The zero-order chi connectivity index (χ0) is 22.3. The number of imide groups is 1.